The molecular weight excluding hydrogens is 1490 g/mol. The molecule has 3 rings (SSSR count). The number of aliphatic hydroxyl groups is 1. The number of nitrogens with one attached hydrogen (secondary N) is 6. The second kappa shape index (κ2) is 53.1. The monoisotopic (exact) mass is 1590 g/mol. The SMILES string of the molecule is Nc1nc(=O)n([C@H]2CC(O)[C@@H](COP(=O)(O)OP(=O)(O)OP(=O)(O)O)O2)cc1C#CCNC(=O)COCCOCCOCCOCCNC(=O)COCCOCCOCCOCCN1C=C(CN(CCC(=O)NCCN(CCC(=O)O)CCC(=O)O)CCC(=O)NCCN(CCC(=O)O)CCC(=O)O)NN1. The summed E-state index contributed by atoms with van der Waals surface area (Å²) in [4.78, 5) is 152. The molecule has 5 atom stereocenters. The molecule has 0 bridgehead atoms. The molecule has 1 aromatic heterocycles. The number of carboxylic acids is 4. The highest BCUT2D eigenvalue weighted by molar-refractivity contribution is 7.66. The quantitative estimate of drug-likeness (QED) is 0.0164. The summed E-state index contributed by atoms with van der Waals surface area (Å²) in [7, 11) is -16.9. The molecule has 604 valence electrons. The molecule has 0 radical (unpaired) electrons. The molecule has 0 spiro atoms. The number of aromatic nitrogens is 2. The lowest BCUT2D eigenvalue weighted by molar-refractivity contribution is -0.139. The van der Waals surface area contributed by atoms with Gasteiger partial charge in [0.1, 0.15) is 31.4 Å². The number of ether oxygens (including phenoxy) is 9. The van der Waals surface area contributed by atoms with E-state index in [2.05, 4.69) is 62.2 Å². The Morgan fingerprint density at radius 2 is 1.02 bits per heavy atom. The number of carbonyl (C=O) groups is 8. The maximum Gasteiger partial charge on any atom is 0.490 e. The molecule has 49 heteroatoms. The molecule has 2 aliphatic rings. The average Bonchev–Trinajstić information content (AvgIpc) is 1.62. The van der Waals surface area contributed by atoms with E-state index < -0.39 is 84.0 Å². The van der Waals surface area contributed by atoms with E-state index in [1.54, 1.807) is 14.8 Å². The Morgan fingerprint density at radius 1 is 0.575 bits per heavy atom. The molecule has 1 saturated heterocycles. The first-order chi connectivity index (χ1) is 50.4. The summed E-state index contributed by atoms with van der Waals surface area (Å²) in [5, 5.41) is 59.2. The lowest BCUT2D eigenvalue weighted by atomic mass is 10.2. The lowest BCUT2D eigenvalue weighted by Crippen LogP contribution is -2.41. The zero-order valence-electron chi connectivity index (χ0n) is 58.2. The summed E-state index contributed by atoms with van der Waals surface area (Å²) in [5.74, 6) is -0.638. The molecule has 0 aromatic carbocycles. The van der Waals surface area contributed by atoms with Crippen LogP contribution in [0.2, 0.25) is 0 Å². The number of carboxylic acid groups (broad SMARTS) is 4. The van der Waals surface area contributed by atoms with Crippen LogP contribution in [0.15, 0.2) is 22.9 Å². The predicted molar refractivity (Wildman–Crippen MR) is 361 cm³/mol. The molecule has 1 fully saturated rings. The van der Waals surface area contributed by atoms with Gasteiger partial charge in [-0.1, -0.05) is 11.8 Å². The van der Waals surface area contributed by atoms with Crippen molar-refractivity contribution >= 4 is 76.8 Å². The molecule has 1 aromatic rings. The van der Waals surface area contributed by atoms with Crippen molar-refractivity contribution in [2.24, 2.45) is 0 Å². The zero-order chi connectivity index (χ0) is 78.2. The number of aliphatic carboxylic acids is 4. The van der Waals surface area contributed by atoms with Crippen molar-refractivity contribution in [3.63, 3.8) is 0 Å². The maximum atomic E-state index is 12.9. The number of hydrazine groups is 2. The van der Waals surface area contributed by atoms with E-state index >= 15 is 0 Å². The van der Waals surface area contributed by atoms with Crippen molar-refractivity contribution in [2.75, 3.05) is 210 Å². The first kappa shape index (κ1) is 93.4. The smallest absolute Gasteiger partial charge is 0.481 e. The third-order valence-electron chi connectivity index (χ3n) is 14.1. The second-order valence-corrected chi connectivity index (χ2v) is 27.0. The van der Waals surface area contributed by atoms with Crippen molar-refractivity contribution in [1.29, 1.82) is 0 Å². The number of nitrogens with zero attached hydrogens (tertiary/aromatic N) is 6. The molecule has 2 aliphatic heterocycles. The van der Waals surface area contributed by atoms with E-state index in [0.717, 1.165) is 16.5 Å². The van der Waals surface area contributed by atoms with Crippen LogP contribution in [-0.2, 0) is 108 Å². The molecule has 0 saturated carbocycles. The summed E-state index contributed by atoms with van der Waals surface area (Å²) in [6, 6.07) is 0. The third kappa shape index (κ3) is 47.1. The lowest BCUT2D eigenvalue weighted by Gasteiger charge is -2.23. The van der Waals surface area contributed by atoms with Crippen molar-refractivity contribution in [1.82, 2.24) is 61.5 Å². The first-order valence-electron chi connectivity index (χ1n) is 33.1. The maximum absolute atomic E-state index is 12.9. The van der Waals surface area contributed by atoms with Crippen LogP contribution in [0.5, 0.6) is 0 Å². The number of amides is 4. The Morgan fingerprint density at radius 3 is 1.50 bits per heavy atom. The van der Waals surface area contributed by atoms with E-state index in [4.69, 9.17) is 78.6 Å². The van der Waals surface area contributed by atoms with Gasteiger partial charge in [-0.15, -0.1) is 5.53 Å². The Labute approximate surface area is 608 Å². The largest absolute Gasteiger partial charge is 0.490 e. The summed E-state index contributed by atoms with van der Waals surface area (Å²) >= 11 is 0. The highest BCUT2D eigenvalue weighted by Gasteiger charge is 2.43. The normalized spacial score (nSPS) is 16.2. The van der Waals surface area contributed by atoms with Gasteiger partial charge >= 0.3 is 53.0 Å². The molecule has 0 aliphatic carbocycles. The number of nitrogens with two attached hydrogens (primary N) is 1. The van der Waals surface area contributed by atoms with Gasteiger partial charge in [0.15, 0.2) is 0 Å². The van der Waals surface area contributed by atoms with E-state index in [1.807, 2.05) is 11.1 Å². The van der Waals surface area contributed by atoms with Crippen LogP contribution in [-0.4, -0.2) is 338 Å². The number of carbonyl (C=O) groups excluding carboxylic acids is 4. The highest BCUT2D eigenvalue weighted by Crippen LogP contribution is 2.66. The Hall–Kier alpha value is -6.81. The Balaban J connectivity index is 1.17. The summed E-state index contributed by atoms with van der Waals surface area (Å²) in [6.45, 7) is 4.46. The van der Waals surface area contributed by atoms with Crippen LogP contribution in [0.4, 0.5) is 5.82 Å². The number of rotatable bonds is 63. The van der Waals surface area contributed by atoms with Gasteiger partial charge < -0.3 is 130 Å². The summed E-state index contributed by atoms with van der Waals surface area (Å²) < 4.78 is 96.4. The van der Waals surface area contributed by atoms with Crippen molar-refractivity contribution < 1.29 is 153 Å². The standard InChI is InChI=1S/C57H98N13O33P3/c58-56-43(37-70(57(84)63-56)51-36-45(71)46(101-51)40-100-105(88,89)103-106(90,91)102-104(85,86)87)2-1-9-59-49(74)41-98-34-32-96-30-28-94-26-24-92-22-12-62-50(75)42-99-35-33-97-31-29-95-27-25-93-23-21-69-39-44(64-65-69)38-68(13-3-47(72)60-10-19-66(15-5-52(76)77)16-6-53(78)79)14-4-48(73)61-11-20-67(17-7-54(80)81)18-8-55(82)83/h37,39,45-46,51,64-65,71H,3-36,38,40-42H2,(H,59,74)(H,60,72)(H,61,73)(H,62,75)(H,76,77)(H,78,79)(H,80,81)(H,82,83)(H,88,89)(H,90,91)(H2,58,63,84)(H2,85,86,87)/t45?,46-,51-/m1/s1. The van der Waals surface area contributed by atoms with Gasteiger partial charge in [-0.25, -0.2) is 18.5 Å². The zero-order valence-corrected chi connectivity index (χ0v) is 60.9. The number of nitrogen functional groups attached to an aromatic ring is 1. The van der Waals surface area contributed by atoms with Crippen LogP contribution in [0.3, 0.4) is 0 Å². The minimum absolute atomic E-state index is 0.0163. The van der Waals surface area contributed by atoms with Gasteiger partial charge in [0.2, 0.25) is 23.6 Å². The van der Waals surface area contributed by atoms with E-state index in [-0.39, 0.29) is 232 Å². The number of phosphoric ester groups is 1. The average molecular weight is 1590 g/mol. The van der Waals surface area contributed by atoms with E-state index in [0.29, 0.717) is 39.5 Å². The third-order valence-corrected chi connectivity index (χ3v) is 17.9. The van der Waals surface area contributed by atoms with Crippen LogP contribution in [0.1, 0.15) is 56.7 Å². The molecule has 17 N–H and O–H groups in total. The number of hydrogen-bond donors (Lipinski definition) is 16. The summed E-state index contributed by atoms with van der Waals surface area (Å²) in [5.41, 5.74) is 11.7. The van der Waals surface area contributed by atoms with Gasteiger partial charge in [-0.05, 0) is 0 Å². The topological polar surface area (TPSA) is 627 Å². The molecular formula is C57H98N13O33P3. The Kier molecular flexibility index (Phi) is 46.8. The van der Waals surface area contributed by atoms with Crippen LogP contribution >= 0.6 is 23.5 Å². The minimum Gasteiger partial charge on any atom is -0.481 e. The number of phosphoric acid groups is 3. The van der Waals surface area contributed by atoms with Crippen LogP contribution in [0, 0.1) is 11.8 Å². The van der Waals surface area contributed by atoms with Crippen LogP contribution < -0.4 is 43.7 Å². The minimum atomic E-state index is -5.79. The van der Waals surface area contributed by atoms with Gasteiger partial charge in [-0.2, -0.15) is 13.6 Å². The van der Waals surface area contributed by atoms with Crippen LogP contribution in [0.25, 0.3) is 0 Å². The molecule has 46 nitrogen and oxygen atoms in total. The fourth-order valence-electron chi connectivity index (χ4n) is 8.95. The van der Waals surface area contributed by atoms with E-state index in [9.17, 15) is 71.7 Å². The molecule has 3 unspecified atom stereocenters. The molecule has 3 heterocycles. The van der Waals surface area contributed by atoms with Crippen molar-refractivity contribution in [3.05, 3.63) is 34.1 Å². The predicted octanol–water partition coefficient (Wildman–Crippen LogP) is -5.48. The fourth-order valence-corrected chi connectivity index (χ4v) is 12.0. The number of aliphatic hydroxyl groups excluding tert-OH is 1. The first-order valence-corrected chi connectivity index (χ1v) is 37.6. The van der Waals surface area contributed by atoms with E-state index in [1.165, 1.54) is 0 Å². The van der Waals surface area contributed by atoms with Gasteiger partial charge in [0.05, 0.1) is 155 Å². The molecule has 106 heavy (non-hydrogen) atoms. The molecule has 4 amide bonds. The van der Waals surface area contributed by atoms with Gasteiger partial charge in [0.25, 0.3) is 0 Å². The van der Waals surface area contributed by atoms with Gasteiger partial charge in [-0.3, -0.25) is 57.4 Å². The summed E-state index contributed by atoms with van der Waals surface area (Å²) in [6.07, 6.45) is -2.16. The van der Waals surface area contributed by atoms with Crippen molar-refractivity contribution in [2.45, 2.75) is 63.4 Å². The fraction of sp³-hybridized carbons (Fsp3) is 0.719. The second-order valence-electron chi connectivity index (χ2n) is 22.6. The number of hydrogen-bond acceptors (Lipinski definition) is 33. The number of anilines is 1. The van der Waals surface area contributed by atoms with Gasteiger partial charge in [0, 0.05) is 110 Å². The Bertz CT molecular complexity index is 3090. The van der Waals surface area contributed by atoms with Crippen molar-refractivity contribution in [3.8, 4) is 11.8 Å². The highest BCUT2D eigenvalue weighted by atomic mass is 31.3.